The van der Waals surface area contributed by atoms with E-state index in [0.29, 0.717) is 0 Å². The molecule has 0 saturated heterocycles. The molecule has 2 rings (SSSR count). The van der Waals surface area contributed by atoms with Crippen molar-refractivity contribution in [1.29, 1.82) is 0 Å². The largest absolute Gasteiger partial charge is 0.494 e. The quantitative estimate of drug-likeness (QED) is 0.702. The van der Waals surface area contributed by atoms with Gasteiger partial charge < -0.3 is 10.1 Å². The first-order valence-corrected chi connectivity index (χ1v) is 6.81. The minimum atomic E-state index is 0.760. The van der Waals surface area contributed by atoms with Crippen LogP contribution >= 0.6 is 0 Å². The van der Waals surface area contributed by atoms with E-state index in [2.05, 4.69) is 10.4 Å². The third kappa shape index (κ3) is 5.57. The fourth-order valence-corrected chi connectivity index (χ4v) is 1.83. The van der Waals surface area contributed by atoms with Gasteiger partial charge in [-0.3, -0.25) is 4.68 Å². The van der Waals surface area contributed by atoms with Gasteiger partial charge in [0.2, 0.25) is 0 Å². The second-order valence-corrected chi connectivity index (χ2v) is 4.39. The smallest absolute Gasteiger partial charge is 0.119 e. The second kappa shape index (κ2) is 8.32. The fourth-order valence-electron chi connectivity index (χ4n) is 1.83. The highest BCUT2D eigenvalue weighted by atomic mass is 16.5. The van der Waals surface area contributed by atoms with Crippen LogP contribution in [-0.4, -0.2) is 29.5 Å². The molecule has 1 heterocycles. The summed E-state index contributed by atoms with van der Waals surface area (Å²) in [6.07, 6.45) is 5.93. The van der Waals surface area contributed by atoms with Crippen LogP contribution in [0.4, 0.5) is 0 Å². The molecule has 102 valence electrons. The molecule has 0 bridgehead atoms. The Labute approximate surface area is 114 Å². The van der Waals surface area contributed by atoms with E-state index in [0.717, 1.165) is 44.8 Å². The number of aryl methyl sites for hydroxylation is 1. The Morgan fingerprint density at radius 1 is 1.05 bits per heavy atom. The van der Waals surface area contributed by atoms with Crippen LogP contribution in [0.2, 0.25) is 0 Å². The summed E-state index contributed by atoms with van der Waals surface area (Å²) in [5.74, 6) is 0.946. The molecule has 0 fully saturated rings. The molecule has 19 heavy (non-hydrogen) atoms. The molecule has 1 aromatic carbocycles. The maximum absolute atomic E-state index is 5.62. The average molecular weight is 259 g/mol. The van der Waals surface area contributed by atoms with Crippen molar-refractivity contribution in [3.8, 4) is 5.75 Å². The van der Waals surface area contributed by atoms with Gasteiger partial charge in [0.1, 0.15) is 5.75 Å². The van der Waals surface area contributed by atoms with E-state index in [9.17, 15) is 0 Å². The minimum absolute atomic E-state index is 0.760. The molecule has 0 spiro atoms. The minimum Gasteiger partial charge on any atom is -0.494 e. The van der Waals surface area contributed by atoms with Crippen molar-refractivity contribution in [3.05, 3.63) is 48.8 Å². The summed E-state index contributed by atoms with van der Waals surface area (Å²) in [6, 6.07) is 11.9. The van der Waals surface area contributed by atoms with Crippen LogP contribution in [0.25, 0.3) is 0 Å². The monoisotopic (exact) mass is 259 g/mol. The first-order chi connectivity index (χ1) is 9.45. The van der Waals surface area contributed by atoms with Crippen LogP contribution in [0.15, 0.2) is 48.8 Å². The van der Waals surface area contributed by atoms with Gasteiger partial charge in [0, 0.05) is 18.9 Å². The van der Waals surface area contributed by atoms with E-state index in [1.165, 1.54) is 0 Å². The number of nitrogens with zero attached hydrogens (tertiary/aromatic N) is 2. The highest BCUT2D eigenvalue weighted by Crippen LogP contribution is 2.07. The Morgan fingerprint density at radius 3 is 2.68 bits per heavy atom. The number of ether oxygens (including phenoxy) is 1. The number of benzene rings is 1. The first-order valence-electron chi connectivity index (χ1n) is 6.81. The highest BCUT2D eigenvalue weighted by Gasteiger charge is 1.93. The lowest BCUT2D eigenvalue weighted by atomic mass is 10.3. The molecule has 4 heteroatoms. The lowest BCUT2D eigenvalue weighted by molar-refractivity contribution is 0.308. The van der Waals surface area contributed by atoms with Gasteiger partial charge in [-0.1, -0.05) is 18.2 Å². The first kappa shape index (κ1) is 13.6. The van der Waals surface area contributed by atoms with E-state index in [-0.39, 0.29) is 0 Å². The number of rotatable bonds is 9. The summed E-state index contributed by atoms with van der Waals surface area (Å²) >= 11 is 0. The van der Waals surface area contributed by atoms with Crippen LogP contribution in [0.3, 0.4) is 0 Å². The summed E-state index contributed by atoms with van der Waals surface area (Å²) in [4.78, 5) is 0. The molecule has 0 amide bonds. The van der Waals surface area contributed by atoms with Crippen molar-refractivity contribution in [1.82, 2.24) is 15.1 Å². The van der Waals surface area contributed by atoms with Crippen LogP contribution in [0.5, 0.6) is 5.75 Å². The maximum atomic E-state index is 5.62. The number of hydrogen-bond acceptors (Lipinski definition) is 3. The number of hydrogen-bond donors (Lipinski definition) is 1. The molecule has 0 aliphatic rings. The molecule has 0 aliphatic carbocycles. The second-order valence-electron chi connectivity index (χ2n) is 4.39. The van der Waals surface area contributed by atoms with Crippen molar-refractivity contribution in [2.75, 3.05) is 19.7 Å². The van der Waals surface area contributed by atoms with Crippen molar-refractivity contribution in [2.45, 2.75) is 19.4 Å². The topological polar surface area (TPSA) is 39.1 Å². The van der Waals surface area contributed by atoms with Crippen LogP contribution in [0, 0.1) is 0 Å². The zero-order chi connectivity index (χ0) is 13.2. The van der Waals surface area contributed by atoms with Gasteiger partial charge in [-0.15, -0.1) is 0 Å². The van der Waals surface area contributed by atoms with E-state index in [1.807, 2.05) is 53.5 Å². The summed E-state index contributed by atoms with van der Waals surface area (Å²) in [7, 11) is 0. The number of nitrogens with one attached hydrogen (secondary N) is 1. The number of aromatic nitrogens is 2. The summed E-state index contributed by atoms with van der Waals surface area (Å²) < 4.78 is 7.58. The molecule has 2 aromatic rings. The van der Waals surface area contributed by atoms with Crippen LogP contribution < -0.4 is 10.1 Å². The summed E-state index contributed by atoms with van der Waals surface area (Å²) in [6.45, 7) is 3.74. The van der Waals surface area contributed by atoms with Crippen molar-refractivity contribution in [2.24, 2.45) is 0 Å². The Kier molecular flexibility index (Phi) is 5.96. The SMILES string of the molecule is c1ccc(OCCCNCCCn2cccn2)cc1. The zero-order valence-corrected chi connectivity index (χ0v) is 11.2. The summed E-state index contributed by atoms with van der Waals surface area (Å²) in [5, 5.41) is 7.58. The average Bonchev–Trinajstić information content (AvgIpc) is 2.96. The highest BCUT2D eigenvalue weighted by molar-refractivity contribution is 5.20. The van der Waals surface area contributed by atoms with Gasteiger partial charge >= 0.3 is 0 Å². The zero-order valence-electron chi connectivity index (χ0n) is 11.2. The molecule has 4 nitrogen and oxygen atoms in total. The van der Waals surface area contributed by atoms with Crippen molar-refractivity contribution < 1.29 is 4.74 Å². The van der Waals surface area contributed by atoms with Gasteiger partial charge in [-0.05, 0) is 44.1 Å². The van der Waals surface area contributed by atoms with Gasteiger partial charge in [0.25, 0.3) is 0 Å². The molecule has 0 aliphatic heterocycles. The Hall–Kier alpha value is -1.81. The standard InChI is InChI=1S/C15H21N3O/c1-2-7-15(8-3-1)19-14-6-10-16-9-4-12-18-13-5-11-17-18/h1-3,5,7-8,11,13,16H,4,6,9-10,12,14H2. The van der Waals surface area contributed by atoms with Crippen LogP contribution in [-0.2, 0) is 6.54 Å². The Balaban J connectivity index is 1.42. The van der Waals surface area contributed by atoms with Gasteiger partial charge in [-0.25, -0.2) is 0 Å². The van der Waals surface area contributed by atoms with Crippen molar-refractivity contribution in [3.63, 3.8) is 0 Å². The number of para-hydroxylation sites is 1. The lowest BCUT2D eigenvalue weighted by Gasteiger charge is -2.07. The molecule has 0 saturated carbocycles. The predicted molar refractivity (Wildman–Crippen MR) is 76.3 cm³/mol. The molecule has 0 unspecified atom stereocenters. The van der Waals surface area contributed by atoms with Gasteiger partial charge in [0.15, 0.2) is 0 Å². The Bertz CT molecular complexity index is 428. The molecule has 1 N–H and O–H groups in total. The predicted octanol–water partition coefficient (Wildman–Crippen LogP) is 2.33. The maximum Gasteiger partial charge on any atom is 0.119 e. The molecule has 1 aromatic heterocycles. The van der Waals surface area contributed by atoms with E-state index >= 15 is 0 Å². The third-order valence-electron chi connectivity index (χ3n) is 2.81. The van der Waals surface area contributed by atoms with E-state index < -0.39 is 0 Å². The summed E-state index contributed by atoms with van der Waals surface area (Å²) in [5.41, 5.74) is 0. The molecule has 0 radical (unpaired) electrons. The Morgan fingerprint density at radius 2 is 1.89 bits per heavy atom. The van der Waals surface area contributed by atoms with Gasteiger partial charge in [-0.2, -0.15) is 5.10 Å². The fraction of sp³-hybridized carbons (Fsp3) is 0.400. The normalized spacial score (nSPS) is 10.5. The molecule has 0 atom stereocenters. The lowest BCUT2D eigenvalue weighted by Crippen LogP contribution is -2.20. The van der Waals surface area contributed by atoms with Gasteiger partial charge in [0.05, 0.1) is 6.61 Å². The third-order valence-corrected chi connectivity index (χ3v) is 2.81. The van der Waals surface area contributed by atoms with Crippen LogP contribution in [0.1, 0.15) is 12.8 Å². The van der Waals surface area contributed by atoms with E-state index in [1.54, 1.807) is 0 Å². The molecular weight excluding hydrogens is 238 g/mol. The van der Waals surface area contributed by atoms with Crippen molar-refractivity contribution >= 4 is 0 Å². The molecular formula is C15H21N3O. The van der Waals surface area contributed by atoms with E-state index in [4.69, 9.17) is 4.74 Å².